The summed E-state index contributed by atoms with van der Waals surface area (Å²) in [5.74, 6) is 1.59. The fourth-order valence-corrected chi connectivity index (χ4v) is 3.41. The molecule has 0 amide bonds. The lowest BCUT2D eigenvalue weighted by molar-refractivity contribution is 0.171. The van der Waals surface area contributed by atoms with E-state index in [0.717, 1.165) is 34.1 Å². The molecular weight excluding hydrogens is 286 g/mol. The molecule has 0 aliphatic carbocycles. The van der Waals surface area contributed by atoms with Gasteiger partial charge in [-0.2, -0.15) is 0 Å². The van der Waals surface area contributed by atoms with Crippen LogP contribution in [0, 0.1) is 0 Å². The lowest BCUT2D eigenvalue weighted by Gasteiger charge is -2.18. The van der Waals surface area contributed by atoms with Gasteiger partial charge in [0.25, 0.3) is 0 Å². The van der Waals surface area contributed by atoms with E-state index in [1.54, 1.807) is 11.3 Å². The second-order valence-corrected chi connectivity index (χ2v) is 5.74. The normalized spacial score (nSPS) is 13.8. The Morgan fingerprint density at radius 1 is 1.24 bits per heavy atom. The number of nitrogens with zero attached hydrogens (tertiary/aromatic N) is 2. The molecular formula is C15H15N3O2S. The zero-order chi connectivity index (χ0) is 14.2. The van der Waals surface area contributed by atoms with Crippen molar-refractivity contribution in [3.05, 3.63) is 35.5 Å². The molecule has 1 aliphatic heterocycles. The summed E-state index contributed by atoms with van der Waals surface area (Å²) in [7, 11) is 0. The van der Waals surface area contributed by atoms with E-state index in [1.807, 2.05) is 18.2 Å². The Morgan fingerprint density at radius 2 is 2.10 bits per heavy atom. The Balaban J connectivity index is 1.75. The number of hydrogen-bond donors (Lipinski definition) is 1. The number of fused-ring (bicyclic) bond motifs is 2. The fourth-order valence-electron chi connectivity index (χ4n) is 2.50. The molecule has 0 atom stereocenters. The van der Waals surface area contributed by atoms with Crippen molar-refractivity contribution in [2.24, 2.45) is 5.73 Å². The van der Waals surface area contributed by atoms with Crippen molar-refractivity contribution in [2.75, 3.05) is 19.8 Å². The molecule has 4 rings (SSSR count). The summed E-state index contributed by atoms with van der Waals surface area (Å²) in [4.78, 5) is 5.67. The van der Waals surface area contributed by atoms with E-state index in [-0.39, 0.29) is 0 Å². The molecule has 1 aliphatic rings. The maximum absolute atomic E-state index is 5.65. The first-order valence-corrected chi connectivity index (χ1v) is 7.78. The molecule has 0 unspecified atom stereocenters. The zero-order valence-electron chi connectivity index (χ0n) is 11.4. The summed E-state index contributed by atoms with van der Waals surface area (Å²) < 4.78 is 13.3. The molecule has 21 heavy (non-hydrogen) atoms. The number of ether oxygens (including phenoxy) is 2. The highest BCUT2D eigenvalue weighted by molar-refractivity contribution is 7.15. The van der Waals surface area contributed by atoms with E-state index >= 15 is 0 Å². The van der Waals surface area contributed by atoms with Crippen LogP contribution < -0.4 is 15.2 Å². The summed E-state index contributed by atoms with van der Waals surface area (Å²) in [5, 5.41) is 2.11. The molecule has 2 N–H and O–H groups in total. The van der Waals surface area contributed by atoms with E-state index in [2.05, 4.69) is 21.0 Å². The first-order valence-electron chi connectivity index (χ1n) is 6.91. The second-order valence-electron chi connectivity index (χ2n) is 4.90. The van der Waals surface area contributed by atoms with Gasteiger partial charge in [-0.3, -0.25) is 4.40 Å². The number of imidazole rings is 1. The minimum Gasteiger partial charge on any atom is -0.486 e. The minimum atomic E-state index is 0.593. The Labute approximate surface area is 125 Å². The first kappa shape index (κ1) is 12.7. The maximum Gasteiger partial charge on any atom is 0.194 e. The molecule has 6 heteroatoms. The Kier molecular flexibility index (Phi) is 3.05. The van der Waals surface area contributed by atoms with Crippen molar-refractivity contribution in [3.63, 3.8) is 0 Å². The molecule has 5 nitrogen and oxygen atoms in total. The van der Waals surface area contributed by atoms with Crippen molar-refractivity contribution in [1.29, 1.82) is 0 Å². The fraction of sp³-hybridized carbons (Fsp3) is 0.267. The van der Waals surface area contributed by atoms with Crippen LogP contribution in [0.4, 0.5) is 0 Å². The largest absolute Gasteiger partial charge is 0.486 e. The van der Waals surface area contributed by atoms with Crippen molar-refractivity contribution < 1.29 is 9.47 Å². The molecule has 0 radical (unpaired) electrons. The highest BCUT2D eigenvalue weighted by atomic mass is 32.1. The van der Waals surface area contributed by atoms with Crippen LogP contribution in [0.1, 0.15) is 5.69 Å². The van der Waals surface area contributed by atoms with Crippen LogP contribution in [0.5, 0.6) is 11.5 Å². The Bertz CT molecular complexity index is 793. The van der Waals surface area contributed by atoms with E-state index in [0.29, 0.717) is 19.8 Å². The number of hydrogen-bond acceptors (Lipinski definition) is 5. The van der Waals surface area contributed by atoms with Crippen molar-refractivity contribution in [2.45, 2.75) is 6.42 Å². The molecule has 3 heterocycles. The number of rotatable bonds is 3. The lowest BCUT2D eigenvalue weighted by Crippen LogP contribution is -2.15. The average molecular weight is 301 g/mol. The van der Waals surface area contributed by atoms with Gasteiger partial charge in [0.1, 0.15) is 13.2 Å². The second kappa shape index (κ2) is 5.05. The monoisotopic (exact) mass is 301 g/mol. The molecule has 0 fully saturated rings. The van der Waals surface area contributed by atoms with Crippen LogP contribution in [0.25, 0.3) is 16.2 Å². The summed E-state index contributed by atoms with van der Waals surface area (Å²) in [6, 6.07) is 5.95. The third kappa shape index (κ3) is 2.16. The van der Waals surface area contributed by atoms with E-state index in [4.69, 9.17) is 15.2 Å². The summed E-state index contributed by atoms with van der Waals surface area (Å²) in [6.45, 7) is 1.84. The van der Waals surface area contributed by atoms with Crippen molar-refractivity contribution in [3.8, 4) is 22.8 Å². The zero-order valence-corrected chi connectivity index (χ0v) is 12.2. The highest BCUT2D eigenvalue weighted by Gasteiger charge is 2.14. The number of thiazole rings is 1. The Hall–Kier alpha value is -2.05. The molecule has 108 valence electrons. The van der Waals surface area contributed by atoms with Crippen LogP contribution in [0.3, 0.4) is 0 Å². The number of aromatic nitrogens is 2. The SMILES string of the molecule is NCCc1csc2nc(-c3ccc4c(c3)OCCO4)cn12. The first-order chi connectivity index (χ1) is 10.3. The van der Waals surface area contributed by atoms with Crippen molar-refractivity contribution in [1.82, 2.24) is 9.38 Å². The van der Waals surface area contributed by atoms with E-state index in [1.165, 1.54) is 5.69 Å². The Morgan fingerprint density at radius 3 is 2.95 bits per heavy atom. The van der Waals surface area contributed by atoms with E-state index in [9.17, 15) is 0 Å². The van der Waals surface area contributed by atoms with Gasteiger partial charge < -0.3 is 15.2 Å². The van der Waals surface area contributed by atoms with Crippen LogP contribution in [-0.2, 0) is 6.42 Å². The van der Waals surface area contributed by atoms with E-state index < -0.39 is 0 Å². The van der Waals surface area contributed by atoms with Gasteiger partial charge in [0.05, 0.1) is 5.69 Å². The predicted molar refractivity (Wildman–Crippen MR) is 82.3 cm³/mol. The quantitative estimate of drug-likeness (QED) is 0.806. The standard InChI is InChI=1S/C15H15N3O2S/c16-4-3-11-9-21-15-17-12(8-18(11)15)10-1-2-13-14(7-10)20-6-5-19-13/h1-2,7-9H,3-6,16H2. The van der Waals surface area contributed by atoms with Crippen LogP contribution in [0.2, 0.25) is 0 Å². The lowest BCUT2D eigenvalue weighted by atomic mass is 10.1. The summed E-state index contributed by atoms with van der Waals surface area (Å²) >= 11 is 1.64. The van der Waals surface area contributed by atoms with Crippen LogP contribution >= 0.6 is 11.3 Å². The van der Waals surface area contributed by atoms with Gasteiger partial charge >= 0.3 is 0 Å². The van der Waals surface area contributed by atoms with Gasteiger partial charge in [-0.25, -0.2) is 4.98 Å². The molecule has 3 aromatic rings. The molecule has 0 saturated carbocycles. The topological polar surface area (TPSA) is 61.8 Å². The third-order valence-corrected chi connectivity index (χ3v) is 4.41. The minimum absolute atomic E-state index is 0.593. The molecule has 0 bridgehead atoms. The van der Waals surface area contributed by atoms with Gasteiger partial charge in [0, 0.05) is 29.3 Å². The summed E-state index contributed by atoms with van der Waals surface area (Å²) in [5.41, 5.74) is 8.83. The average Bonchev–Trinajstić information content (AvgIpc) is 3.09. The third-order valence-electron chi connectivity index (χ3n) is 3.52. The molecule has 0 saturated heterocycles. The number of nitrogens with two attached hydrogens (primary N) is 1. The van der Waals surface area contributed by atoms with Gasteiger partial charge in [0.2, 0.25) is 0 Å². The van der Waals surface area contributed by atoms with Gasteiger partial charge in [0.15, 0.2) is 16.5 Å². The summed E-state index contributed by atoms with van der Waals surface area (Å²) in [6.07, 6.45) is 2.92. The van der Waals surface area contributed by atoms with Gasteiger partial charge in [-0.1, -0.05) is 0 Å². The van der Waals surface area contributed by atoms with Crippen molar-refractivity contribution >= 4 is 16.3 Å². The van der Waals surface area contributed by atoms with Gasteiger partial charge in [-0.05, 0) is 24.7 Å². The predicted octanol–water partition coefficient (Wildman–Crippen LogP) is 2.34. The van der Waals surface area contributed by atoms with Crippen LogP contribution in [-0.4, -0.2) is 29.1 Å². The molecule has 2 aromatic heterocycles. The van der Waals surface area contributed by atoms with Gasteiger partial charge in [-0.15, -0.1) is 11.3 Å². The number of benzene rings is 1. The highest BCUT2D eigenvalue weighted by Crippen LogP contribution is 2.34. The van der Waals surface area contributed by atoms with Crippen LogP contribution in [0.15, 0.2) is 29.8 Å². The maximum atomic E-state index is 5.65. The molecule has 0 spiro atoms. The molecule has 1 aromatic carbocycles. The smallest absolute Gasteiger partial charge is 0.194 e.